The molecule has 0 bridgehead atoms. The van der Waals surface area contributed by atoms with Crippen LogP contribution in [0.15, 0.2) is 24.4 Å². The molecule has 0 aliphatic heterocycles. The van der Waals surface area contributed by atoms with E-state index in [-0.39, 0.29) is 0 Å². The second-order valence-electron chi connectivity index (χ2n) is 4.94. The van der Waals surface area contributed by atoms with E-state index in [1.807, 2.05) is 24.6 Å². The highest BCUT2D eigenvalue weighted by Gasteiger charge is 2.14. The summed E-state index contributed by atoms with van der Waals surface area (Å²) in [6, 6.07) is 6.98. The molecule has 0 saturated carbocycles. The molecule has 0 aliphatic rings. The van der Waals surface area contributed by atoms with Gasteiger partial charge in [-0.15, -0.1) is 11.3 Å². The predicted molar refractivity (Wildman–Crippen MR) is 82.9 cm³/mol. The van der Waals surface area contributed by atoms with Gasteiger partial charge in [-0.3, -0.25) is 4.98 Å². The molecule has 0 spiro atoms. The molecule has 2 heterocycles. The Kier molecular flexibility index (Phi) is 4.72. The molecule has 1 atom stereocenters. The standard InChI is InChI=1S/C16H22N2S/c1-5-13-6-7-14(18-10-13)9-15(17-4)16-8-11(2)12(3)19-16/h6-8,10,15,17H,5,9H2,1-4H3. The van der Waals surface area contributed by atoms with Crippen LogP contribution in [0.5, 0.6) is 0 Å². The molecule has 1 unspecified atom stereocenters. The van der Waals surface area contributed by atoms with Crippen molar-refractivity contribution in [2.75, 3.05) is 7.05 Å². The number of pyridine rings is 1. The highest BCUT2D eigenvalue weighted by molar-refractivity contribution is 7.12. The average Bonchev–Trinajstić information content (AvgIpc) is 2.76. The third kappa shape index (κ3) is 3.43. The van der Waals surface area contributed by atoms with Crippen LogP contribution in [0.2, 0.25) is 0 Å². The Morgan fingerprint density at radius 3 is 2.58 bits per heavy atom. The van der Waals surface area contributed by atoms with Gasteiger partial charge in [-0.05, 0) is 50.6 Å². The summed E-state index contributed by atoms with van der Waals surface area (Å²) in [5.74, 6) is 0. The molecule has 0 saturated heterocycles. The Morgan fingerprint density at radius 1 is 1.32 bits per heavy atom. The highest BCUT2D eigenvalue weighted by Crippen LogP contribution is 2.28. The minimum Gasteiger partial charge on any atom is -0.312 e. The maximum atomic E-state index is 4.56. The SMILES string of the molecule is CCc1ccc(CC(NC)c2cc(C)c(C)s2)nc1. The Hall–Kier alpha value is -1.19. The molecule has 0 amide bonds. The maximum absolute atomic E-state index is 4.56. The van der Waals surface area contributed by atoms with Gasteiger partial charge in [0.1, 0.15) is 0 Å². The lowest BCUT2D eigenvalue weighted by Gasteiger charge is -2.14. The fourth-order valence-electron chi connectivity index (χ4n) is 2.11. The zero-order chi connectivity index (χ0) is 13.8. The van der Waals surface area contributed by atoms with Crippen molar-refractivity contribution in [2.24, 2.45) is 0 Å². The average molecular weight is 274 g/mol. The smallest absolute Gasteiger partial charge is 0.0468 e. The van der Waals surface area contributed by atoms with E-state index in [2.05, 4.69) is 49.3 Å². The second kappa shape index (κ2) is 6.31. The topological polar surface area (TPSA) is 24.9 Å². The summed E-state index contributed by atoms with van der Waals surface area (Å²) in [5.41, 5.74) is 3.84. The fourth-order valence-corrected chi connectivity index (χ4v) is 3.27. The Morgan fingerprint density at radius 2 is 2.11 bits per heavy atom. The minimum atomic E-state index is 0.359. The first-order valence-corrected chi connectivity index (χ1v) is 7.63. The van der Waals surface area contributed by atoms with Crippen molar-refractivity contribution >= 4 is 11.3 Å². The van der Waals surface area contributed by atoms with E-state index in [9.17, 15) is 0 Å². The number of likely N-dealkylation sites (N-methyl/N-ethyl adjacent to an activating group) is 1. The van der Waals surface area contributed by atoms with Crippen LogP contribution >= 0.6 is 11.3 Å². The van der Waals surface area contributed by atoms with Gasteiger partial charge in [0, 0.05) is 34.1 Å². The predicted octanol–water partition coefficient (Wildman–Crippen LogP) is 3.83. The van der Waals surface area contributed by atoms with Gasteiger partial charge in [-0.2, -0.15) is 0 Å². The van der Waals surface area contributed by atoms with Gasteiger partial charge in [-0.25, -0.2) is 0 Å². The number of hydrogen-bond donors (Lipinski definition) is 1. The van der Waals surface area contributed by atoms with Crippen molar-refractivity contribution in [3.8, 4) is 0 Å². The van der Waals surface area contributed by atoms with Crippen molar-refractivity contribution in [3.63, 3.8) is 0 Å². The number of aromatic nitrogens is 1. The van der Waals surface area contributed by atoms with Crippen LogP contribution in [0.3, 0.4) is 0 Å². The lowest BCUT2D eigenvalue weighted by Crippen LogP contribution is -2.18. The number of thiophene rings is 1. The van der Waals surface area contributed by atoms with Gasteiger partial charge in [0.05, 0.1) is 0 Å². The van der Waals surface area contributed by atoms with Gasteiger partial charge in [0.15, 0.2) is 0 Å². The van der Waals surface area contributed by atoms with Crippen LogP contribution in [-0.2, 0) is 12.8 Å². The van der Waals surface area contributed by atoms with E-state index >= 15 is 0 Å². The lowest BCUT2D eigenvalue weighted by molar-refractivity contribution is 0.593. The van der Waals surface area contributed by atoms with Crippen LogP contribution in [0, 0.1) is 13.8 Å². The zero-order valence-electron chi connectivity index (χ0n) is 12.2. The van der Waals surface area contributed by atoms with Crippen molar-refractivity contribution in [1.82, 2.24) is 10.3 Å². The molecule has 2 aromatic rings. The van der Waals surface area contributed by atoms with Crippen molar-refractivity contribution in [2.45, 2.75) is 39.7 Å². The van der Waals surface area contributed by atoms with Crippen molar-refractivity contribution in [1.29, 1.82) is 0 Å². The summed E-state index contributed by atoms with van der Waals surface area (Å²) in [5, 5.41) is 3.41. The largest absolute Gasteiger partial charge is 0.312 e. The van der Waals surface area contributed by atoms with Crippen LogP contribution in [0.4, 0.5) is 0 Å². The van der Waals surface area contributed by atoms with Crippen molar-refractivity contribution in [3.05, 3.63) is 51.0 Å². The van der Waals surface area contributed by atoms with E-state index in [0.29, 0.717) is 6.04 Å². The normalized spacial score (nSPS) is 12.6. The van der Waals surface area contributed by atoms with Gasteiger partial charge in [0.2, 0.25) is 0 Å². The van der Waals surface area contributed by atoms with E-state index in [4.69, 9.17) is 0 Å². The van der Waals surface area contributed by atoms with E-state index < -0.39 is 0 Å². The van der Waals surface area contributed by atoms with Gasteiger partial charge < -0.3 is 5.32 Å². The maximum Gasteiger partial charge on any atom is 0.0468 e. The van der Waals surface area contributed by atoms with Gasteiger partial charge in [-0.1, -0.05) is 13.0 Å². The van der Waals surface area contributed by atoms with Gasteiger partial charge in [0.25, 0.3) is 0 Å². The van der Waals surface area contributed by atoms with E-state index in [1.165, 1.54) is 20.9 Å². The third-order valence-corrected chi connectivity index (χ3v) is 4.85. The first kappa shape index (κ1) is 14.2. The van der Waals surface area contributed by atoms with Crippen LogP contribution in [0.25, 0.3) is 0 Å². The first-order chi connectivity index (χ1) is 9.13. The summed E-state index contributed by atoms with van der Waals surface area (Å²) in [6.07, 6.45) is 3.99. The van der Waals surface area contributed by atoms with Crippen LogP contribution in [-0.4, -0.2) is 12.0 Å². The van der Waals surface area contributed by atoms with Crippen molar-refractivity contribution < 1.29 is 0 Å². The molecule has 2 rings (SSSR count). The molecule has 2 aromatic heterocycles. The minimum absolute atomic E-state index is 0.359. The van der Waals surface area contributed by atoms with E-state index in [0.717, 1.165) is 18.5 Å². The number of hydrogen-bond acceptors (Lipinski definition) is 3. The molecular weight excluding hydrogens is 252 g/mol. The number of nitrogens with one attached hydrogen (secondary N) is 1. The molecule has 0 radical (unpaired) electrons. The molecule has 0 fully saturated rings. The second-order valence-corrected chi connectivity index (χ2v) is 6.23. The number of nitrogens with zero attached hydrogens (tertiary/aromatic N) is 1. The molecule has 1 N–H and O–H groups in total. The molecule has 19 heavy (non-hydrogen) atoms. The molecule has 2 nitrogen and oxygen atoms in total. The number of aryl methyl sites for hydroxylation is 3. The van der Waals surface area contributed by atoms with Crippen LogP contribution in [0.1, 0.15) is 39.5 Å². The molecule has 102 valence electrons. The highest BCUT2D eigenvalue weighted by atomic mass is 32.1. The third-order valence-electron chi connectivity index (χ3n) is 3.58. The molecule has 0 aromatic carbocycles. The van der Waals surface area contributed by atoms with Gasteiger partial charge >= 0.3 is 0 Å². The summed E-state index contributed by atoms with van der Waals surface area (Å²) in [4.78, 5) is 7.37. The number of rotatable bonds is 5. The lowest BCUT2D eigenvalue weighted by atomic mass is 10.1. The molecule has 3 heteroatoms. The quantitative estimate of drug-likeness (QED) is 0.896. The fraction of sp³-hybridized carbons (Fsp3) is 0.438. The summed E-state index contributed by atoms with van der Waals surface area (Å²) < 4.78 is 0. The Bertz CT molecular complexity index is 509. The summed E-state index contributed by atoms with van der Waals surface area (Å²) in [7, 11) is 2.02. The Labute approximate surface area is 119 Å². The first-order valence-electron chi connectivity index (χ1n) is 6.82. The Balaban J connectivity index is 2.13. The molecular formula is C16H22N2S. The van der Waals surface area contributed by atoms with Crippen LogP contribution < -0.4 is 5.32 Å². The summed E-state index contributed by atoms with van der Waals surface area (Å²) in [6.45, 7) is 6.52. The zero-order valence-corrected chi connectivity index (χ0v) is 13.0. The van der Waals surface area contributed by atoms with E-state index in [1.54, 1.807) is 0 Å². The summed E-state index contributed by atoms with van der Waals surface area (Å²) >= 11 is 1.88. The molecule has 0 aliphatic carbocycles. The monoisotopic (exact) mass is 274 g/mol.